The van der Waals surface area contributed by atoms with E-state index < -0.39 is 0 Å². The summed E-state index contributed by atoms with van der Waals surface area (Å²) in [5, 5.41) is 4.06. The molecule has 1 aliphatic heterocycles. The van der Waals surface area contributed by atoms with Crippen LogP contribution >= 0.6 is 0 Å². The van der Waals surface area contributed by atoms with E-state index in [0.717, 1.165) is 42.3 Å². The van der Waals surface area contributed by atoms with E-state index in [4.69, 9.17) is 4.52 Å². The molecule has 0 radical (unpaired) electrons. The van der Waals surface area contributed by atoms with Crippen LogP contribution in [-0.2, 0) is 6.54 Å². The lowest BCUT2D eigenvalue weighted by Gasteiger charge is -2.32. The number of aryl methyl sites for hydroxylation is 2. The van der Waals surface area contributed by atoms with E-state index in [1.807, 2.05) is 32.4 Å². The van der Waals surface area contributed by atoms with Gasteiger partial charge in [0.05, 0.1) is 17.0 Å². The summed E-state index contributed by atoms with van der Waals surface area (Å²) >= 11 is 0. The Balaban J connectivity index is 1.44. The first-order valence-corrected chi connectivity index (χ1v) is 9.21. The number of hydrogen-bond donors (Lipinski definition) is 0. The highest BCUT2D eigenvalue weighted by Crippen LogP contribution is 2.32. The standard InChI is InChI=1S/C21H24N4O/c1-15-21(16(2)26-24-15)20-13-19(5-10-23-20)18-6-11-25(12-7-18)14-17-3-8-22-9-4-17/h3-5,8-10,13,18H,6-7,11-12,14H2,1-2H3. The van der Waals surface area contributed by atoms with Gasteiger partial charge >= 0.3 is 0 Å². The molecule has 0 spiro atoms. The molecule has 0 aliphatic carbocycles. The van der Waals surface area contributed by atoms with Crippen LogP contribution in [0.1, 0.15) is 41.3 Å². The fraction of sp³-hybridized carbons (Fsp3) is 0.381. The highest BCUT2D eigenvalue weighted by atomic mass is 16.5. The molecule has 26 heavy (non-hydrogen) atoms. The van der Waals surface area contributed by atoms with Gasteiger partial charge < -0.3 is 4.52 Å². The van der Waals surface area contributed by atoms with Gasteiger partial charge in [-0.1, -0.05) is 5.16 Å². The first-order valence-electron chi connectivity index (χ1n) is 9.21. The molecule has 1 fully saturated rings. The van der Waals surface area contributed by atoms with E-state index >= 15 is 0 Å². The number of likely N-dealkylation sites (tertiary alicyclic amines) is 1. The third-order valence-corrected chi connectivity index (χ3v) is 5.29. The zero-order chi connectivity index (χ0) is 17.9. The Bertz CT molecular complexity index is 847. The minimum absolute atomic E-state index is 0.589. The van der Waals surface area contributed by atoms with Crippen molar-refractivity contribution in [2.45, 2.75) is 39.2 Å². The van der Waals surface area contributed by atoms with Gasteiger partial charge in [-0.15, -0.1) is 0 Å². The van der Waals surface area contributed by atoms with E-state index in [1.54, 1.807) is 0 Å². The molecule has 0 aromatic carbocycles. The lowest BCUT2D eigenvalue weighted by molar-refractivity contribution is 0.204. The molecule has 0 unspecified atom stereocenters. The number of rotatable bonds is 4. The van der Waals surface area contributed by atoms with E-state index in [2.05, 4.69) is 44.3 Å². The number of pyridine rings is 2. The van der Waals surface area contributed by atoms with E-state index in [1.165, 1.54) is 24.0 Å². The first kappa shape index (κ1) is 16.9. The normalized spacial score (nSPS) is 16.1. The lowest BCUT2D eigenvalue weighted by atomic mass is 9.89. The molecule has 1 aliphatic rings. The third kappa shape index (κ3) is 3.53. The molecule has 1 saturated heterocycles. The predicted octanol–water partition coefficient (Wildman–Crippen LogP) is 4.13. The van der Waals surface area contributed by atoms with Crippen molar-refractivity contribution >= 4 is 0 Å². The second-order valence-corrected chi connectivity index (χ2v) is 7.08. The van der Waals surface area contributed by atoms with Gasteiger partial charge in [-0.05, 0) is 81.1 Å². The fourth-order valence-corrected chi connectivity index (χ4v) is 3.86. The fourth-order valence-electron chi connectivity index (χ4n) is 3.86. The highest BCUT2D eigenvalue weighted by Gasteiger charge is 2.22. The Morgan fingerprint density at radius 3 is 2.54 bits per heavy atom. The van der Waals surface area contributed by atoms with Gasteiger partial charge in [0.25, 0.3) is 0 Å². The molecular weight excluding hydrogens is 324 g/mol. The van der Waals surface area contributed by atoms with E-state index in [0.29, 0.717) is 5.92 Å². The maximum atomic E-state index is 5.30. The smallest absolute Gasteiger partial charge is 0.143 e. The van der Waals surface area contributed by atoms with Crippen LogP contribution < -0.4 is 0 Å². The monoisotopic (exact) mass is 348 g/mol. The van der Waals surface area contributed by atoms with Crippen LogP contribution in [-0.4, -0.2) is 33.1 Å². The quantitative estimate of drug-likeness (QED) is 0.709. The molecule has 0 atom stereocenters. The molecule has 4 heterocycles. The van der Waals surface area contributed by atoms with Crippen molar-refractivity contribution < 1.29 is 4.52 Å². The van der Waals surface area contributed by atoms with Crippen molar-refractivity contribution in [1.82, 2.24) is 20.0 Å². The van der Waals surface area contributed by atoms with Crippen molar-refractivity contribution in [1.29, 1.82) is 0 Å². The highest BCUT2D eigenvalue weighted by molar-refractivity contribution is 5.64. The molecule has 4 rings (SSSR count). The number of aromatic nitrogens is 3. The van der Waals surface area contributed by atoms with Crippen molar-refractivity contribution in [3.63, 3.8) is 0 Å². The minimum atomic E-state index is 0.589. The summed E-state index contributed by atoms with van der Waals surface area (Å²) < 4.78 is 5.30. The molecule has 3 aromatic heterocycles. The summed E-state index contributed by atoms with van der Waals surface area (Å²) in [6, 6.07) is 8.58. The van der Waals surface area contributed by atoms with Gasteiger partial charge in [0.15, 0.2) is 0 Å². The maximum absolute atomic E-state index is 5.30. The maximum Gasteiger partial charge on any atom is 0.143 e. The molecule has 0 saturated carbocycles. The molecule has 0 bridgehead atoms. The molecule has 0 N–H and O–H groups in total. The Morgan fingerprint density at radius 1 is 1.08 bits per heavy atom. The Hall–Kier alpha value is -2.53. The third-order valence-electron chi connectivity index (χ3n) is 5.29. The Kier molecular flexibility index (Phi) is 4.80. The van der Waals surface area contributed by atoms with Gasteiger partial charge in [0.1, 0.15) is 5.76 Å². The molecular formula is C21H24N4O. The van der Waals surface area contributed by atoms with Crippen LogP contribution in [0.25, 0.3) is 11.3 Å². The van der Waals surface area contributed by atoms with Crippen LogP contribution in [0.4, 0.5) is 0 Å². The SMILES string of the molecule is Cc1noc(C)c1-c1cc(C2CCN(Cc3ccncc3)CC2)ccn1. The summed E-state index contributed by atoms with van der Waals surface area (Å²) in [5.74, 6) is 1.42. The van der Waals surface area contributed by atoms with Crippen molar-refractivity contribution in [2.75, 3.05) is 13.1 Å². The van der Waals surface area contributed by atoms with Gasteiger partial charge in [-0.3, -0.25) is 14.9 Å². The summed E-state index contributed by atoms with van der Waals surface area (Å²) in [5.41, 5.74) is 5.61. The predicted molar refractivity (Wildman–Crippen MR) is 101 cm³/mol. The number of nitrogens with zero attached hydrogens (tertiary/aromatic N) is 4. The van der Waals surface area contributed by atoms with Crippen molar-refractivity contribution in [3.05, 3.63) is 65.4 Å². The van der Waals surface area contributed by atoms with Gasteiger partial charge in [0.2, 0.25) is 0 Å². The lowest BCUT2D eigenvalue weighted by Crippen LogP contribution is -2.32. The van der Waals surface area contributed by atoms with Crippen molar-refractivity contribution in [3.8, 4) is 11.3 Å². The number of piperidine rings is 1. The van der Waals surface area contributed by atoms with Gasteiger partial charge in [-0.25, -0.2) is 0 Å². The molecule has 3 aromatic rings. The van der Waals surface area contributed by atoms with Crippen LogP contribution in [0, 0.1) is 13.8 Å². The molecule has 0 amide bonds. The molecule has 5 heteroatoms. The second-order valence-electron chi connectivity index (χ2n) is 7.08. The first-order chi connectivity index (χ1) is 12.7. The number of hydrogen-bond acceptors (Lipinski definition) is 5. The van der Waals surface area contributed by atoms with Crippen LogP contribution in [0.3, 0.4) is 0 Å². The van der Waals surface area contributed by atoms with Crippen LogP contribution in [0.5, 0.6) is 0 Å². The topological polar surface area (TPSA) is 55.1 Å². The van der Waals surface area contributed by atoms with Gasteiger partial charge in [0, 0.05) is 25.1 Å². The zero-order valence-corrected chi connectivity index (χ0v) is 15.4. The Labute approximate surface area is 154 Å². The van der Waals surface area contributed by atoms with Gasteiger partial charge in [-0.2, -0.15) is 0 Å². The average Bonchev–Trinajstić information content (AvgIpc) is 3.02. The largest absolute Gasteiger partial charge is 0.361 e. The second kappa shape index (κ2) is 7.38. The minimum Gasteiger partial charge on any atom is -0.361 e. The van der Waals surface area contributed by atoms with Crippen LogP contribution in [0.2, 0.25) is 0 Å². The summed E-state index contributed by atoms with van der Waals surface area (Å²) in [6.07, 6.45) is 8.01. The van der Waals surface area contributed by atoms with E-state index in [9.17, 15) is 0 Å². The van der Waals surface area contributed by atoms with Crippen molar-refractivity contribution in [2.24, 2.45) is 0 Å². The Morgan fingerprint density at radius 2 is 1.85 bits per heavy atom. The van der Waals surface area contributed by atoms with Crippen LogP contribution in [0.15, 0.2) is 47.4 Å². The average molecular weight is 348 g/mol. The zero-order valence-electron chi connectivity index (χ0n) is 15.4. The summed E-state index contributed by atoms with van der Waals surface area (Å²) in [4.78, 5) is 11.2. The molecule has 5 nitrogen and oxygen atoms in total. The van der Waals surface area contributed by atoms with E-state index in [-0.39, 0.29) is 0 Å². The molecule has 134 valence electrons. The summed E-state index contributed by atoms with van der Waals surface area (Å²) in [7, 11) is 0. The summed E-state index contributed by atoms with van der Waals surface area (Å²) in [6.45, 7) is 7.17.